The lowest BCUT2D eigenvalue weighted by molar-refractivity contribution is -0.137. The van der Waals surface area contributed by atoms with E-state index in [0.717, 1.165) is 71.0 Å². The highest BCUT2D eigenvalue weighted by Gasteiger charge is 2.34. The quantitative estimate of drug-likeness (QED) is 0.785. The molecule has 3 heterocycles. The maximum Gasteiger partial charge on any atom is 0.303 e. The number of likely N-dealkylation sites (N-methyl/N-ethyl adjacent to an activating group) is 1. The lowest BCUT2D eigenvalue weighted by atomic mass is 9.86. The van der Waals surface area contributed by atoms with E-state index in [-0.39, 0.29) is 6.42 Å². The minimum atomic E-state index is -0.680. The molecule has 2 unspecified atom stereocenters. The van der Waals surface area contributed by atoms with Crippen LogP contribution in [0.3, 0.4) is 0 Å². The van der Waals surface area contributed by atoms with Gasteiger partial charge in [-0.2, -0.15) is 0 Å². The summed E-state index contributed by atoms with van der Waals surface area (Å²) in [4.78, 5) is 23.1. The average molecular weight is 364 g/mol. The van der Waals surface area contributed by atoms with E-state index in [0.29, 0.717) is 12.0 Å². The van der Waals surface area contributed by atoms with E-state index < -0.39 is 5.97 Å². The van der Waals surface area contributed by atoms with Gasteiger partial charge in [0.25, 0.3) is 0 Å². The molecule has 1 aromatic rings. The molecule has 2 saturated heterocycles. The highest BCUT2D eigenvalue weighted by molar-refractivity contribution is 5.66. The molecule has 7 nitrogen and oxygen atoms in total. The second-order valence-electron chi connectivity index (χ2n) is 7.75. The van der Waals surface area contributed by atoms with Crippen LogP contribution in [0.4, 0.5) is 0 Å². The van der Waals surface area contributed by atoms with Crippen LogP contribution in [0.15, 0.2) is 12.4 Å². The standard InChI is InChI=1S/C19H33N5O2/c1-3-23-9-7-20-18(23)15-22-8-6-17(16(14-22)4-5-19(25)26)24-12-10-21(2)11-13-24/h7,9,16-17H,3-6,8,10-15H2,1-2H3,(H,25,26). The van der Waals surface area contributed by atoms with Crippen molar-refractivity contribution in [3.05, 3.63) is 18.2 Å². The second-order valence-corrected chi connectivity index (χ2v) is 7.75. The number of carboxylic acid groups (broad SMARTS) is 1. The van der Waals surface area contributed by atoms with Gasteiger partial charge in [0.05, 0.1) is 6.54 Å². The zero-order valence-electron chi connectivity index (χ0n) is 16.2. The van der Waals surface area contributed by atoms with Gasteiger partial charge >= 0.3 is 5.97 Å². The van der Waals surface area contributed by atoms with E-state index in [9.17, 15) is 4.79 Å². The highest BCUT2D eigenvalue weighted by Crippen LogP contribution is 2.28. The van der Waals surface area contributed by atoms with Crippen LogP contribution in [0.2, 0.25) is 0 Å². The molecular weight excluding hydrogens is 330 g/mol. The van der Waals surface area contributed by atoms with E-state index in [1.807, 2.05) is 12.4 Å². The Balaban J connectivity index is 1.63. The Morgan fingerprint density at radius 2 is 2.04 bits per heavy atom. The maximum atomic E-state index is 11.1. The predicted molar refractivity (Wildman–Crippen MR) is 101 cm³/mol. The van der Waals surface area contributed by atoms with Crippen LogP contribution < -0.4 is 0 Å². The van der Waals surface area contributed by atoms with Gasteiger partial charge in [0.15, 0.2) is 0 Å². The van der Waals surface area contributed by atoms with Gasteiger partial charge in [-0.3, -0.25) is 14.6 Å². The number of piperidine rings is 1. The first-order chi connectivity index (χ1) is 12.6. The summed E-state index contributed by atoms with van der Waals surface area (Å²) in [6.07, 6.45) is 6.07. The minimum absolute atomic E-state index is 0.270. The number of carbonyl (C=O) groups is 1. The Morgan fingerprint density at radius 3 is 2.73 bits per heavy atom. The molecule has 0 radical (unpaired) electrons. The molecule has 3 rings (SSSR count). The Hall–Kier alpha value is -1.44. The van der Waals surface area contributed by atoms with Crippen molar-refractivity contribution < 1.29 is 9.90 Å². The Bertz CT molecular complexity index is 582. The minimum Gasteiger partial charge on any atom is -0.481 e. The van der Waals surface area contributed by atoms with E-state index >= 15 is 0 Å². The number of aromatic nitrogens is 2. The van der Waals surface area contributed by atoms with Crippen LogP contribution in [-0.2, 0) is 17.9 Å². The zero-order valence-corrected chi connectivity index (χ0v) is 16.2. The molecule has 7 heteroatoms. The summed E-state index contributed by atoms with van der Waals surface area (Å²) in [6.45, 7) is 10.4. The van der Waals surface area contributed by atoms with E-state index in [4.69, 9.17) is 5.11 Å². The summed E-state index contributed by atoms with van der Waals surface area (Å²) in [5.74, 6) is 0.858. The number of carboxylic acids is 1. The van der Waals surface area contributed by atoms with Crippen LogP contribution >= 0.6 is 0 Å². The summed E-state index contributed by atoms with van der Waals surface area (Å²) in [6, 6.07) is 0.519. The van der Waals surface area contributed by atoms with E-state index in [2.05, 4.69) is 38.2 Å². The molecule has 1 aromatic heterocycles. The summed E-state index contributed by atoms with van der Waals surface area (Å²) in [7, 11) is 2.18. The Kier molecular flexibility index (Phi) is 6.67. The summed E-state index contributed by atoms with van der Waals surface area (Å²) in [5, 5.41) is 9.17. The fourth-order valence-electron chi connectivity index (χ4n) is 4.45. The molecule has 2 aliphatic rings. The van der Waals surface area contributed by atoms with E-state index in [1.54, 1.807) is 0 Å². The van der Waals surface area contributed by atoms with Gasteiger partial charge < -0.3 is 14.6 Å². The van der Waals surface area contributed by atoms with Crippen molar-refractivity contribution in [2.24, 2.45) is 5.92 Å². The predicted octanol–water partition coefficient (Wildman–Crippen LogP) is 1.21. The molecule has 2 atom stereocenters. The number of nitrogens with zero attached hydrogens (tertiary/aromatic N) is 5. The molecule has 0 aromatic carbocycles. The number of rotatable bonds is 7. The second kappa shape index (κ2) is 8.97. The lowest BCUT2D eigenvalue weighted by Gasteiger charge is -2.46. The summed E-state index contributed by atoms with van der Waals surface area (Å²) in [5.41, 5.74) is 0. The molecular formula is C19H33N5O2. The average Bonchev–Trinajstić information content (AvgIpc) is 3.08. The van der Waals surface area contributed by atoms with Gasteiger partial charge in [-0.25, -0.2) is 4.98 Å². The van der Waals surface area contributed by atoms with Gasteiger partial charge in [-0.15, -0.1) is 0 Å². The van der Waals surface area contributed by atoms with Gasteiger partial charge in [-0.1, -0.05) is 0 Å². The van der Waals surface area contributed by atoms with Crippen LogP contribution in [0.25, 0.3) is 0 Å². The molecule has 0 spiro atoms. The van der Waals surface area contributed by atoms with Gasteiger partial charge in [0, 0.05) is 70.7 Å². The first-order valence-corrected chi connectivity index (χ1v) is 9.93. The molecule has 2 aliphatic heterocycles. The van der Waals surface area contributed by atoms with Gasteiger partial charge in [0.1, 0.15) is 5.82 Å². The van der Waals surface area contributed by atoms with Crippen LogP contribution in [-0.4, -0.2) is 87.7 Å². The molecule has 2 fully saturated rings. The third-order valence-corrected chi connectivity index (χ3v) is 6.02. The molecule has 0 bridgehead atoms. The first kappa shape index (κ1) is 19.3. The van der Waals surface area contributed by atoms with Crippen molar-refractivity contribution in [3.63, 3.8) is 0 Å². The van der Waals surface area contributed by atoms with Crippen molar-refractivity contribution in [2.45, 2.75) is 45.3 Å². The summed E-state index contributed by atoms with van der Waals surface area (Å²) < 4.78 is 2.19. The van der Waals surface area contributed by atoms with E-state index in [1.165, 1.54) is 0 Å². The number of imidazole rings is 1. The monoisotopic (exact) mass is 363 g/mol. The number of hydrogen-bond donors (Lipinski definition) is 1. The lowest BCUT2D eigenvalue weighted by Crippen LogP contribution is -2.56. The Labute approximate surface area is 156 Å². The fourth-order valence-corrected chi connectivity index (χ4v) is 4.45. The van der Waals surface area contributed by atoms with Crippen LogP contribution in [0.5, 0.6) is 0 Å². The third-order valence-electron chi connectivity index (χ3n) is 6.02. The summed E-state index contributed by atoms with van der Waals surface area (Å²) >= 11 is 0. The molecule has 26 heavy (non-hydrogen) atoms. The fraction of sp³-hybridized carbons (Fsp3) is 0.789. The zero-order chi connectivity index (χ0) is 18.5. The smallest absolute Gasteiger partial charge is 0.303 e. The highest BCUT2D eigenvalue weighted by atomic mass is 16.4. The van der Waals surface area contributed by atoms with Crippen molar-refractivity contribution in [3.8, 4) is 0 Å². The maximum absolute atomic E-state index is 11.1. The largest absolute Gasteiger partial charge is 0.481 e. The van der Waals surface area contributed by atoms with Crippen molar-refractivity contribution in [2.75, 3.05) is 46.3 Å². The normalized spacial score (nSPS) is 26.2. The topological polar surface area (TPSA) is 64.8 Å². The number of aryl methyl sites for hydroxylation is 1. The van der Waals surface area contributed by atoms with Crippen molar-refractivity contribution >= 4 is 5.97 Å². The molecule has 0 saturated carbocycles. The van der Waals surface area contributed by atoms with Crippen molar-refractivity contribution in [1.29, 1.82) is 0 Å². The molecule has 146 valence electrons. The SMILES string of the molecule is CCn1ccnc1CN1CCC(N2CCN(C)CC2)C(CCC(=O)O)C1. The number of piperazine rings is 1. The number of aliphatic carboxylic acids is 1. The number of hydrogen-bond acceptors (Lipinski definition) is 5. The van der Waals surface area contributed by atoms with Gasteiger partial charge in [0.2, 0.25) is 0 Å². The van der Waals surface area contributed by atoms with Crippen LogP contribution in [0, 0.1) is 5.92 Å². The molecule has 1 N–H and O–H groups in total. The first-order valence-electron chi connectivity index (χ1n) is 9.93. The third kappa shape index (κ3) is 4.84. The number of likely N-dealkylation sites (tertiary alicyclic amines) is 1. The molecule has 0 amide bonds. The molecule has 0 aliphatic carbocycles. The Morgan fingerprint density at radius 1 is 1.27 bits per heavy atom. The van der Waals surface area contributed by atoms with Crippen LogP contribution in [0.1, 0.15) is 32.0 Å². The van der Waals surface area contributed by atoms with Gasteiger partial charge in [-0.05, 0) is 32.7 Å². The van der Waals surface area contributed by atoms with Crippen molar-refractivity contribution in [1.82, 2.24) is 24.3 Å².